The third-order valence-electron chi connectivity index (χ3n) is 3.87. The lowest BCUT2D eigenvalue weighted by Gasteiger charge is -2.06. The normalized spacial score (nSPS) is 28.0. The Morgan fingerprint density at radius 3 is 2.81 bits per heavy atom. The summed E-state index contributed by atoms with van der Waals surface area (Å²) < 4.78 is 0. The van der Waals surface area contributed by atoms with E-state index >= 15 is 0 Å². The largest absolute Gasteiger partial charge is 0.0801 e. The van der Waals surface area contributed by atoms with Gasteiger partial charge in [0.1, 0.15) is 0 Å². The van der Waals surface area contributed by atoms with Crippen molar-refractivity contribution in [2.45, 2.75) is 12.8 Å². The second-order valence-corrected chi connectivity index (χ2v) is 5.01. The van der Waals surface area contributed by atoms with Gasteiger partial charge in [0.15, 0.2) is 0 Å². The van der Waals surface area contributed by atoms with Crippen molar-refractivity contribution >= 4 is 24.3 Å². The first-order valence-electron chi connectivity index (χ1n) is 6.12. The van der Waals surface area contributed by atoms with Gasteiger partial charge in [0.25, 0.3) is 0 Å². The van der Waals surface area contributed by atoms with Crippen LogP contribution in [0.4, 0.5) is 0 Å². The van der Waals surface area contributed by atoms with E-state index in [4.69, 9.17) is 0 Å². The zero-order valence-corrected chi connectivity index (χ0v) is 9.19. The first-order chi connectivity index (χ1) is 7.92. The van der Waals surface area contributed by atoms with Crippen LogP contribution in [-0.4, -0.2) is 0 Å². The third-order valence-corrected chi connectivity index (χ3v) is 3.87. The van der Waals surface area contributed by atoms with E-state index in [-0.39, 0.29) is 0 Å². The van der Waals surface area contributed by atoms with Gasteiger partial charge in [0, 0.05) is 0 Å². The molecular formula is C16H14. The van der Waals surface area contributed by atoms with E-state index in [1.165, 1.54) is 28.0 Å². The van der Waals surface area contributed by atoms with Gasteiger partial charge < -0.3 is 0 Å². The van der Waals surface area contributed by atoms with Gasteiger partial charge in [-0.05, 0) is 46.2 Å². The van der Waals surface area contributed by atoms with E-state index in [1.807, 2.05) is 0 Å². The first kappa shape index (κ1) is 8.58. The molecule has 3 aliphatic rings. The van der Waals surface area contributed by atoms with Crippen LogP contribution in [-0.2, 0) is 0 Å². The Hall–Kier alpha value is -1.56. The zero-order chi connectivity index (χ0) is 10.5. The van der Waals surface area contributed by atoms with Gasteiger partial charge in [-0.15, -0.1) is 0 Å². The second kappa shape index (κ2) is 2.98. The van der Waals surface area contributed by atoms with E-state index in [2.05, 4.69) is 48.6 Å². The van der Waals surface area contributed by atoms with Crippen molar-refractivity contribution in [3.8, 4) is 0 Å². The van der Waals surface area contributed by atoms with Crippen LogP contribution in [0.5, 0.6) is 0 Å². The van der Waals surface area contributed by atoms with E-state index in [9.17, 15) is 0 Å². The molecule has 0 radical (unpaired) electrons. The molecule has 0 heteroatoms. The summed E-state index contributed by atoms with van der Waals surface area (Å²) in [6.07, 6.45) is 16.4. The van der Waals surface area contributed by atoms with Gasteiger partial charge in [0.2, 0.25) is 0 Å². The molecule has 1 fully saturated rings. The van der Waals surface area contributed by atoms with Crippen LogP contribution in [0.1, 0.15) is 24.0 Å². The molecule has 0 nitrogen and oxygen atoms in total. The van der Waals surface area contributed by atoms with Gasteiger partial charge in [-0.3, -0.25) is 0 Å². The number of fused-ring (bicyclic) bond motifs is 4. The Morgan fingerprint density at radius 1 is 0.938 bits per heavy atom. The number of hydrogen-bond acceptors (Lipinski definition) is 0. The summed E-state index contributed by atoms with van der Waals surface area (Å²) in [5.74, 6) is 1.68. The molecule has 1 aromatic carbocycles. The van der Waals surface area contributed by atoms with E-state index in [1.54, 1.807) is 0 Å². The van der Waals surface area contributed by atoms with Gasteiger partial charge in [0.05, 0.1) is 0 Å². The second-order valence-electron chi connectivity index (χ2n) is 5.01. The molecule has 1 saturated carbocycles. The smallest absolute Gasteiger partial charge is 0.0112 e. The van der Waals surface area contributed by atoms with Crippen LogP contribution in [0.3, 0.4) is 0 Å². The highest BCUT2D eigenvalue weighted by atomic mass is 14.4. The predicted octanol–water partition coefficient (Wildman–Crippen LogP) is 2.33. The monoisotopic (exact) mass is 206 g/mol. The van der Waals surface area contributed by atoms with Crippen LogP contribution in [0, 0.1) is 11.8 Å². The summed E-state index contributed by atoms with van der Waals surface area (Å²) in [4.78, 5) is 0. The van der Waals surface area contributed by atoms with E-state index in [0.717, 1.165) is 18.3 Å². The molecule has 1 aromatic rings. The van der Waals surface area contributed by atoms with Crippen LogP contribution < -0.4 is 10.4 Å². The summed E-state index contributed by atoms with van der Waals surface area (Å²) in [5, 5.41) is 2.91. The van der Waals surface area contributed by atoms with Gasteiger partial charge in [-0.25, -0.2) is 0 Å². The molecule has 16 heavy (non-hydrogen) atoms. The summed E-state index contributed by atoms with van der Waals surface area (Å²) in [6, 6.07) is 4.54. The SMILES string of the molecule is C1=Cc2ccc3c(c2C=CC1)=CC1CC1C=3. The highest BCUT2D eigenvalue weighted by Crippen LogP contribution is 2.42. The molecule has 0 N–H and O–H groups in total. The van der Waals surface area contributed by atoms with Crippen molar-refractivity contribution in [1.82, 2.24) is 0 Å². The fraction of sp³-hybridized carbons (Fsp3) is 0.250. The molecule has 0 saturated heterocycles. The Bertz CT molecular complexity index is 629. The molecule has 0 aliphatic heterocycles. The Labute approximate surface area is 95.3 Å². The minimum atomic E-state index is 0.833. The van der Waals surface area contributed by atoms with Crippen LogP contribution in [0.25, 0.3) is 24.3 Å². The molecule has 0 amide bonds. The lowest BCUT2D eigenvalue weighted by molar-refractivity contribution is 1.06. The minimum Gasteiger partial charge on any atom is -0.0801 e. The van der Waals surface area contributed by atoms with Crippen LogP contribution >= 0.6 is 0 Å². The van der Waals surface area contributed by atoms with Crippen molar-refractivity contribution in [3.05, 3.63) is 45.8 Å². The maximum Gasteiger partial charge on any atom is -0.0112 e. The molecule has 4 rings (SSSR count). The van der Waals surface area contributed by atoms with Crippen molar-refractivity contribution < 1.29 is 0 Å². The predicted molar refractivity (Wildman–Crippen MR) is 68.9 cm³/mol. The van der Waals surface area contributed by atoms with Crippen molar-refractivity contribution in [2.75, 3.05) is 0 Å². The lowest BCUT2D eigenvalue weighted by atomic mass is 9.98. The fourth-order valence-electron chi connectivity index (χ4n) is 2.86. The average Bonchev–Trinajstić information content (AvgIpc) is 3.08. The van der Waals surface area contributed by atoms with Crippen LogP contribution in [0.15, 0.2) is 24.3 Å². The molecule has 0 spiro atoms. The van der Waals surface area contributed by atoms with E-state index in [0.29, 0.717) is 0 Å². The average molecular weight is 206 g/mol. The molecule has 2 unspecified atom stereocenters. The van der Waals surface area contributed by atoms with Crippen molar-refractivity contribution in [3.63, 3.8) is 0 Å². The van der Waals surface area contributed by atoms with Crippen molar-refractivity contribution in [2.24, 2.45) is 11.8 Å². The molecule has 78 valence electrons. The highest BCUT2D eigenvalue weighted by Gasteiger charge is 2.34. The quantitative estimate of drug-likeness (QED) is 0.611. The number of allylic oxidation sites excluding steroid dienone is 2. The van der Waals surface area contributed by atoms with E-state index < -0.39 is 0 Å². The number of rotatable bonds is 0. The maximum atomic E-state index is 2.49. The summed E-state index contributed by atoms with van der Waals surface area (Å²) in [5.41, 5.74) is 2.80. The van der Waals surface area contributed by atoms with Crippen molar-refractivity contribution in [1.29, 1.82) is 0 Å². The highest BCUT2D eigenvalue weighted by molar-refractivity contribution is 5.70. The number of hydrogen-bond donors (Lipinski definition) is 0. The Balaban J connectivity index is 2.11. The number of benzene rings is 1. The molecule has 0 heterocycles. The van der Waals surface area contributed by atoms with Gasteiger partial charge >= 0.3 is 0 Å². The Morgan fingerprint density at radius 2 is 1.81 bits per heavy atom. The first-order valence-corrected chi connectivity index (χ1v) is 6.12. The fourth-order valence-corrected chi connectivity index (χ4v) is 2.86. The zero-order valence-electron chi connectivity index (χ0n) is 9.19. The minimum absolute atomic E-state index is 0.833. The molecular weight excluding hydrogens is 192 g/mol. The topological polar surface area (TPSA) is 0 Å². The summed E-state index contributed by atoms with van der Waals surface area (Å²) in [7, 11) is 0. The standard InChI is InChI=1S/C16H14/c1-2-4-11-6-7-12-8-13-9-14(13)10-16(12)15(11)5-3-1/h2-8,10,13-14H,1,9H2. The third kappa shape index (κ3) is 1.16. The molecule has 2 atom stereocenters. The van der Waals surface area contributed by atoms with Gasteiger partial charge in [-0.1, -0.05) is 48.6 Å². The van der Waals surface area contributed by atoms with Crippen LogP contribution in [0.2, 0.25) is 0 Å². The summed E-state index contributed by atoms with van der Waals surface area (Å²) >= 11 is 0. The molecule has 0 aromatic heterocycles. The maximum absolute atomic E-state index is 2.49. The summed E-state index contributed by atoms with van der Waals surface area (Å²) in [6.45, 7) is 0. The lowest BCUT2D eigenvalue weighted by Crippen LogP contribution is -2.30. The molecule has 0 bridgehead atoms. The molecule has 3 aliphatic carbocycles. The Kier molecular flexibility index (Phi) is 1.59. The van der Waals surface area contributed by atoms with Gasteiger partial charge in [-0.2, -0.15) is 0 Å².